The molecule has 0 aromatic carbocycles. The van der Waals surface area contributed by atoms with Gasteiger partial charge in [0.15, 0.2) is 0 Å². The monoisotopic (exact) mass is 297 g/mol. The van der Waals surface area contributed by atoms with Crippen molar-refractivity contribution in [1.82, 2.24) is 9.71 Å². The molecule has 1 aliphatic heterocycles. The molecule has 0 spiro atoms. The van der Waals surface area contributed by atoms with Gasteiger partial charge in [0, 0.05) is 19.9 Å². The number of hydrogen-bond donors (Lipinski definition) is 2. The molecular formula is C13H19N3O3S. The van der Waals surface area contributed by atoms with Crippen LogP contribution in [0.1, 0.15) is 19.3 Å². The van der Waals surface area contributed by atoms with Crippen LogP contribution in [0.5, 0.6) is 0 Å². The van der Waals surface area contributed by atoms with Crippen LogP contribution in [-0.4, -0.2) is 39.2 Å². The molecule has 1 aliphatic carbocycles. The van der Waals surface area contributed by atoms with Gasteiger partial charge in [0.2, 0.25) is 10.0 Å². The Labute approximate surface area is 119 Å². The smallest absolute Gasteiger partial charge is 0.242 e. The van der Waals surface area contributed by atoms with E-state index in [1.165, 1.54) is 6.20 Å². The Bertz CT molecular complexity index is 569. The van der Waals surface area contributed by atoms with Crippen LogP contribution in [0.15, 0.2) is 23.2 Å². The third-order valence-corrected chi connectivity index (χ3v) is 5.31. The first-order valence-electron chi connectivity index (χ1n) is 6.88. The molecule has 1 aromatic heterocycles. The minimum absolute atomic E-state index is 0.0364. The van der Waals surface area contributed by atoms with Crippen LogP contribution >= 0.6 is 0 Å². The van der Waals surface area contributed by atoms with Gasteiger partial charge in [-0.15, -0.1) is 0 Å². The van der Waals surface area contributed by atoms with E-state index in [1.54, 1.807) is 19.2 Å². The standard InChI is InChI=1S/C13H19N3O3S/c1-14-12-5-4-10(8-15-12)20(17,18)16-11-6-7-19-13(11)9-2-3-9/h4-5,8-9,11,13,16H,2-3,6-7H2,1H3,(H,14,15). The highest BCUT2D eigenvalue weighted by molar-refractivity contribution is 7.89. The molecule has 1 saturated heterocycles. The van der Waals surface area contributed by atoms with Crippen molar-refractivity contribution in [2.75, 3.05) is 19.0 Å². The summed E-state index contributed by atoms with van der Waals surface area (Å²) in [5.41, 5.74) is 0. The van der Waals surface area contributed by atoms with Gasteiger partial charge in [-0.3, -0.25) is 0 Å². The molecule has 2 fully saturated rings. The van der Waals surface area contributed by atoms with Crippen LogP contribution in [0.25, 0.3) is 0 Å². The molecule has 0 amide bonds. The zero-order valence-electron chi connectivity index (χ0n) is 11.4. The molecular weight excluding hydrogens is 278 g/mol. The number of pyridine rings is 1. The van der Waals surface area contributed by atoms with E-state index in [-0.39, 0.29) is 17.0 Å². The second kappa shape index (κ2) is 5.31. The SMILES string of the molecule is CNc1ccc(S(=O)(=O)NC2CCOC2C2CC2)cn1. The molecule has 7 heteroatoms. The highest BCUT2D eigenvalue weighted by Crippen LogP contribution is 2.39. The first kappa shape index (κ1) is 13.8. The largest absolute Gasteiger partial charge is 0.376 e. The van der Waals surface area contributed by atoms with Crippen molar-refractivity contribution >= 4 is 15.8 Å². The lowest BCUT2D eigenvalue weighted by molar-refractivity contribution is 0.0848. The molecule has 1 aromatic rings. The summed E-state index contributed by atoms with van der Waals surface area (Å²) in [5, 5.41) is 2.86. The number of rotatable bonds is 5. The number of ether oxygens (including phenoxy) is 1. The second-order valence-corrected chi connectivity index (χ2v) is 7.03. The zero-order chi connectivity index (χ0) is 14.2. The highest BCUT2D eigenvalue weighted by Gasteiger charge is 2.42. The molecule has 2 aliphatic rings. The van der Waals surface area contributed by atoms with Gasteiger partial charge in [-0.05, 0) is 37.3 Å². The van der Waals surface area contributed by atoms with Crippen molar-refractivity contribution in [1.29, 1.82) is 0 Å². The Morgan fingerprint density at radius 3 is 2.70 bits per heavy atom. The van der Waals surface area contributed by atoms with Gasteiger partial charge in [-0.2, -0.15) is 0 Å². The predicted molar refractivity (Wildman–Crippen MR) is 75.0 cm³/mol. The van der Waals surface area contributed by atoms with Gasteiger partial charge in [0.05, 0.1) is 12.1 Å². The number of hydrogen-bond acceptors (Lipinski definition) is 5. The average Bonchev–Trinajstić information content (AvgIpc) is 3.19. The molecule has 2 atom stereocenters. The van der Waals surface area contributed by atoms with Crippen LogP contribution in [0.2, 0.25) is 0 Å². The quantitative estimate of drug-likeness (QED) is 0.846. The van der Waals surface area contributed by atoms with E-state index in [4.69, 9.17) is 4.74 Å². The third-order valence-electron chi connectivity index (χ3n) is 3.83. The Balaban J connectivity index is 1.73. The average molecular weight is 297 g/mol. The maximum absolute atomic E-state index is 12.3. The van der Waals surface area contributed by atoms with E-state index in [1.807, 2.05) is 0 Å². The predicted octanol–water partition coefficient (Wildman–Crippen LogP) is 0.969. The summed E-state index contributed by atoms with van der Waals surface area (Å²) >= 11 is 0. The van der Waals surface area contributed by atoms with E-state index in [2.05, 4.69) is 15.0 Å². The van der Waals surface area contributed by atoms with Crippen molar-refractivity contribution in [3.8, 4) is 0 Å². The van der Waals surface area contributed by atoms with Crippen LogP contribution in [0.4, 0.5) is 5.82 Å². The third kappa shape index (κ3) is 2.79. The molecule has 6 nitrogen and oxygen atoms in total. The number of aromatic nitrogens is 1. The lowest BCUT2D eigenvalue weighted by Gasteiger charge is -2.19. The fraction of sp³-hybridized carbons (Fsp3) is 0.615. The maximum Gasteiger partial charge on any atom is 0.242 e. The number of anilines is 1. The molecule has 0 bridgehead atoms. The van der Waals surface area contributed by atoms with Gasteiger partial charge in [-0.25, -0.2) is 18.1 Å². The summed E-state index contributed by atoms with van der Waals surface area (Å²) in [6, 6.07) is 3.10. The molecule has 2 unspecified atom stereocenters. The van der Waals surface area contributed by atoms with Crippen molar-refractivity contribution in [3.63, 3.8) is 0 Å². The van der Waals surface area contributed by atoms with Crippen LogP contribution in [0, 0.1) is 5.92 Å². The fourth-order valence-corrected chi connectivity index (χ4v) is 3.81. The van der Waals surface area contributed by atoms with Crippen LogP contribution < -0.4 is 10.0 Å². The summed E-state index contributed by atoms with van der Waals surface area (Å²) in [6.07, 6.45) is 4.43. The Morgan fingerprint density at radius 2 is 2.10 bits per heavy atom. The van der Waals surface area contributed by atoms with E-state index in [0.29, 0.717) is 18.3 Å². The molecule has 2 N–H and O–H groups in total. The van der Waals surface area contributed by atoms with E-state index < -0.39 is 10.0 Å². The van der Waals surface area contributed by atoms with Gasteiger partial charge in [0.25, 0.3) is 0 Å². The molecule has 3 rings (SSSR count). The first-order chi connectivity index (χ1) is 9.60. The Hall–Kier alpha value is -1.18. The van der Waals surface area contributed by atoms with Gasteiger partial charge < -0.3 is 10.1 Å². The van der Waals surface area contributed by atoms with Crippen molar-refractivity contribution in [2.45, 2.75) is 36.3 Å². The summed E-state index contributed by atoms with van der Waals surface area (Å²) in [4.78, 5) is 4.24. The lowest BCUT2D eigenvalue weighted by Crippen LogP contribution is -2.41. The lowest BCUT2D eigenvalue weighted by atomic mass is 10.1. The second-order valence-electron chi connectivity index (χ2n) is 5.32. The van der Waals surface area contributed by atoms with Gasteiger partial charge in [0.1, 0.15) is 10.7 Å². The number of nitrogens with zero attached hydrogens (tertiary/aromatic N) is 1. The minimum atomic E-state index is -3.53. The van der Waals surface area contributed by atoms with Crippen molar-refractivity contribution < 1.29 is 13.2 Å². The van der Waals surface area contributed by atoms with Gasteiger partial charge in [-0.1, -0.05) is 0 Å². The number of sulfonamides is 1. The summed E-state index contributed by atoms with van der Waals surface area (Å²) < 4.78 is 33.1. The van der Waals surface area contributed by atoms with Crippen molar-refractivity contribution in [2.24, 2.45) is 5.92 Å². The van der Waals surface area contributed by atoms with E-state index in [0.717, 1.165) is 19.3 Å². The molecule has 2 heterocycles. The molecule has 1 saturated carbocycles. The van der Waals surface area contributed by atoms with E-state index >= 15 is 0 Å². The molecule has 110 valence electrons. The van der Waals surface area contributed by atoms with E-state index in [9.17, 15) is 8.42 Å². The summed E-state index contributed by atoms with van der Waals surface area (Å²) in [6.45, 7) is 0.630. The maximum atomic E-state index is 12.3. The van der Waals surface area contributed by atoms with Crippen molar-refractivity contribution in [3.05, 3.63) is 18.3 Å². The normalized spacial score (nSPS) is 26.6. The van der Waals surface area contributed by atoms with Crippen LogP contribution in [-0.2, 0) is 14.8 Å². The Kier molecular flexibility index (Phi) is 3.66. The number of nitrogens with one attached hydrogen (secondary N) is 2. The van der Waals surface area contributed by atoms with Crippen LogP contribution in [0.3, 0.4) is 0 Å². The molecule has 0 radical (unpaired) electrons. The summed E-state index contributed by atoms with van der Waals surface area (Å²) in [7, 11) is -1.79. The molecule has 20 heavy (non-hydrogen) atoms. The minimum Gasteiger partial charge on any atom is -0.376 e. The summed E-state index contributed by atoms with van der Waals surface area (Å²) in [5.74, 6) is 1.17. The van der Waals surface area contributed by atoms with Gasteiger partial charge >= 0.3 is 0 Å². The first-order valence-corrected chi connectivity index (χ1v) is 8.36. The fourth-order valence-electron chi connectivity index (χ4n) is 2.58. The topological polar surface area (TPSA) is 80.3 Å². The highest BCUT2D eigenvalue weighted by atomic mass is 32.2. The zero-order valence-corrected chi connectivity index (χ0v) is 12.2. The Morgan fingerprint density at radius 1 is 1.30 bits per heavy atom.